The van der Waals surface area contributed by atoms with Crippen molar-refractivity contribution >= 4 is 16.9 Å². The van der Waals surface area contributed by atoms with Gasteiger partial charge in [0.15, 0.2) is 5.43 Å². The van der Waals surface area contributed by atoms with Crippen molar-refractivity contribution in [2.24, 2.45) is 0 Å². The maximum Gasteiger partial charge on any atom is 0.290 e. The zero-order valence-corrected chi connectivity index (χ0v) is 11.9. The summed E-state index contributed by atoms with van der Waals surface area (Å²) in [5.41, 5.74) is 1.64. The zero-order valence-electron chi connectivity index (χ0n) is 11.9. The van der Waals surface area contributed by atoms with E-state index in [2.05, 4.69) is 0 Å². The van der Waals surface area contributed by atoms with Crippen LogP contribution in [0.2, 0.25) is 0 Å². The second kappa shape index (κ2) is 4.56. The highest BCUT2D eigenvalue weighted by molar-refractivity contribution is 5.98. The molecule has 0 unspecified atom stereocenters. The first-order valence-corrected chi connectivity index (χ1v) is 7.06. The van der Waals surface area contributed by atoms with E-state index in [4.69, 9.17) is 4.42 Å². The highest BCUT2D eigenvalue weighted by Gasteiger charge is 2.40. The van der Waals surface area contributed by atoms with E-state index in [-0.39, 0.29) is 17.1 Å². The summed E-state index contributed by atoms with van der Waals surface area (Å²) in [6.07, 6.45) is 0. The molecule has 4 heteroatoms. The smallest absolute Gasteiger partial charge is 0.290 e. The molecule has 0 saturated heterocycles. The summed E-state index contributed by atoms with van der Waals surface area (Å²) in [7, 11) is 1.69. The van der Waals surface area contributed by atoms with Gasteiger partial charge in [0, 0.05) is 7.05 Å². The van der Waals surface area contributed by atoms with E-state index in [0.29, 0.717) is 16.5 Å². The predicted octanol–water partition coefficient (Wildman–Crippen LogP) is 2.97. The molecule has 0 radical (unpaired) electrons. The average Bonchev–Trinajstić information content (AvgIpc) is 2.81. The van der Waals surface area contributed by atoms with Crippen LogP contribution in [-0.2, 0) is 0 Å². The lowest BCUT2D eigenvalue weighted by Crippen LogP contribution is -2.25. The Hall–Kier alpha value is -2.88. The molecular formula is C18H13NO3. The van der Waals surface area contributed by atoms with E-state index in [1.165, 1.54) is 0 Å². The molecule has 22 heavy (non-hydrogen) atoms. The number of hydrogen-bond acceptors (Lipinski definition) is 3. The van der Waals surface area contributed by atoms with Gasteiger partial charge in [-0.2, -0.15) is 0 Å². The minimum Gasteiger partial charge on any atom is -0.450 e. The lowest BCUT2D eigenvalue weighted by Gasteiger charge is -2.20. The Morgan fingerprint density at radius 3 is 2.41 bits per heavy atom. The second-order valence-corrected chi connectivity index (χ2v) is 5.40. The third-order valence-corrected chi connectivity index (χ3v) is 4.12. The van der Waals surface area contributed by atoms with Crippen molar-refractivity contribution in [1.29, 1.82) is 0 Å². The van der Waals surface area contributed by atoms with Gasteiger partial charge < -0.3 is 9.32 Å². The molecule has 1 aliphatic rings. The number of carbonyl (C=O) groups excluding carboxylic acids is 1. The molecule has 3 aromatic rings. The van der Waals surface area contributed by atoms with Crippen molar-refractivity contribution < 1.29 is 9.21 Å². The molecule has 0 spiro atoms. The molecule has 2 heterocycles. The Labute approximate surface area is 126 Å². The number of fused-ring (bicyclic) bond motifs is 2. The van der Waals surface area contributed by atoms with Gasteiger partial charge in [0.1, 0.15) is 5.58 Å². The number of para-hydroxylation sites is 1. The maximum absolute atomic E-state index is 12.9. The number of rotatable bonds is 1. The fourth-order valence-electron chi connectivity index (χ4n) is 3.06. The molecule has 0 aliphatic carbocycles. The number of benzene rings is 2. The third-order valence-electron chi connectivity index (χ3n) is 4.12. The van der Waals surface area contributed by atoms with E-state index in [1.54, 1.807) is 36.2 Å². The van der Waals surface area contributed by atoms with Crippen LogP contribution >= 0.6 is 0 Å². The van der Waals surface area contributed by atoms with Crippen LogP contribution < -0.4 is 5.43 Å². The van der Waals surface area contributed by atoms with Gasteiger partial charge in [-0.05, 0) is 17.7 Å². The minimum absolute atomic E-state index is 0.136. The summed E-state index contributed by atoms with van der Waals surface area (Å²) in [4.78, 5) is 26.9. The van der Waals surface area contributed by atoms with Crippen molar-refractivity contribution in [3.05, 3.63) is 81.7 Å². The van der Waals surface area contributed by atoms with Crippen molar-refractivity contribution in [3.63, 3.8) is 0 Å². The molecule has 4 rings (SSSR count). The molecule has 0 saturated carbocycles. The van der Waals surface area contributed by atoms with Crippen LogP contribution in [0.4, 0.5) is 0 Å². The average molecular weight is 291 g/mol. The van der Waals surface area contributed by atoms with E-state index in [9.17, 15) is 9.59 Å². The van der Waals surface area contributed by atoms with Gasteiger partial charge in [-0.3, -0.25) is 9.59 Å². The van der Waals surface area contributed by atoms with Crippen molar-refractivity contribution in [1.82, 2.24) is 4.90 Å². The Kier molecular flexibility index (Phi) is 2.66. The van der Waals surface area contributed by atoms with Gasteiger partial charge >= 0.3 is 0 Å². The number of carbonyl (C=O) groups is 1. The summed E-state index contributed by atoms with van der Waals surface area (Å²) in [6, 6.07) is 16.2. The van der Waals surface area contributed by atoms with E-state index in [0.717, 1.165) is 5.56 Å². The molecule has 2 aromatic carbocycles. The third kappa shape index (κ3) is 1.64. The van der Waals surface area contributed by atoms with Gasteiger partial charge in [-0.15, -0.1) is 0 Å². The number of amides is 1. The first-order valence-electron chi connectivity index (χ1n) is 7.06. The Balaban J connectivity index is 2.06. The van der Waals surface area contributed by atoms with E-state index >= 15 is 0 Å². The quantitative estimate of drug-likeness (QED) is 0.692. The highest BCUT2D eigenvalue weighted by Crippen LogP contribution is 2.36. The lowest BCUT2D eigenvalue weighted by atomic mass is 9.99. The van der Waals surface area contributed by atoms with Crippen LogP contribution in [0.25, 0.3) is 11.0 Å². The van der Waals surface area contributed by atoms with Gasteiger partial charge in [0.2, 0.25) is 5.76 Å². The summed E-state index contributed by atoms with van der Waals surface area (Å²) in [5, 5.41) is 0.505. The largest absolute Gasteiger partial charge is 0.450 e. The highest BCUT2D eigenvalue weighted by atomic mass is 16.3. The van der Waals surface area contributed by atoms with E-state index in [1.807, 2.05) is 30.3 Å². The molecule has 108 valence electrons. The van der Waals surface area contributed by atoms with Gasteiger partial charge in [0.05, 0.1) is 17.0 Å². The van der Waals surface area contributed by atoms with E-state index < -0.39 is 6.04 Å². The van der Waals surface area contributed by atoms with Crippen LogP contribution in [-0.4, -0.2) is 17.9 Å². The number of hydrogen-bond donors (Lipinski definition) is 0. The summed E-state index contributed by atoms with van der Waals surface area (Å²) in [5.74, 6) is -0.105. The first-order chi connectivity index (χ1) is 10.7. The molecule has 1 aromatic heterocycles. The molecule has 0 N–H and O–H groups in total. The fourth-order valence-corrected chi connectivity index (χ4v) is 3.06. The van der Waals surface area contributed by atoms with Crippen molar-refractivity contribution in [2.75, 3.05) is 7.05 Å². The van der Waals surface area contributed by atoms with Gasteiger partial charge in [-0.25, -0.2) is 0 Å². The SMILES string of the molecule is CN1C(=O)c2oc3ccccc3c(=O)c2[C@H]1c1ccccc1. The van der Waals surface area contributed by atoms with Gasteiger partial charge in [0.25, 0.3) is 5.91 Å². The normalized spacial score (nSPS) is 17.0. The standard InChI is InChI=1S/C18H13NO3/c1-19-15(11-7-3-2-4-8-11)14-16(20)12-9-5-6-10-13(12)22-17(14)18(19)21/h2-10,15H,1H3/t15-/m1/s1. The lowest BCUT2D eigenvalue weighted by molar-refractivity contribution is 0.0771. The molecule has 1 atom stereocenters. The maximum atomic E-state index is 12.9. The van der Waals surface area contributed by atoms with Crippen LogP contribution in [0.5, 0.6) is 0 Å². The Morgan fingerprint density at radius 2 is 1.64 bits per heavy atom. The Morgan fingerprint density at radius 1 is 0.955 bits per heavy atom. The molecule has 0 fully saturated rings. The molecular weight excluding hydrogens is 278 g/mol. The summed E-state index contributed by atoms with van der Waals surface area (Å²) < 4.78 is 5.73. The van der Waals surface area contributed by atoms with Crippen LogP contribution in [0.3, 0.4) is 0 Å². The van der Waals surface area contributed by atoms with Gasteiger partial charge in [-0.1, -0.05) is 42.5 Å². The summed E-state index contributed by atoms with van der Waals surface area (Å²) in [6.45, 7) is 0. The monoisotopic (exact) mass is 291 g/mol. The summed E-state index contributed by atoms with van der Waals surface area (Å²) >= 11 is 0. The molecule has 4 nitrogen and oxygen atoms in total. The molecule has 0 bridgehead atoms. The van der Waals surface area contributed by atoms with Crippen molar-refractivity contribution in [3.8, 4) is 0 Å². The first kappa shape index (κ1) is 12.8. The number of nitrogens with zero attached hydrogens (tertiary/aromatic N) is 1. The molecule has 1 aliphatic heterocycles. The zero-order chi connectivity index (χ0) is 15.3. The topological polar surface area (TPSA) is 50.5 Å². The van der Waals surface area contributed by atoms with Crippen LogP contribution in [0.1, 0.15) is 27.7 Å². The predicted molar refractivity (Wildman–Crippen MR) is 82.9 cm³/mol. The second-order valence-electron chi connectivity index (χ2n) is 5.40. The van der Waals surface area contributed by atoms with Crippen molar-refractivity contribution in [2.45, 2.75) is 6.04 Å². The fraction of sp³-hybridized carbons (Fsp3) is 0.111. The molecule has 1 amide bonds. The Bertz CT molecular complexity index is 943. The minimum atomic E-state index is -0.399. The van der Waals surface area contributed by atoms with Crippen LogP contribution in [0.15, 0.2) is 63.8 Å². The van der Waals surface area contributed by atoms with Crippen LogP contribution in [0, 0.1) is 0 Å².